The summed E-state index contributed by atoms with van der Waals surface area (Å²) in [6.45, 7) is 2.14. The molecule has 0 aliphatic heterocycles. The minimum Gasteiger partial charge on any atom is -0.481 e. The number of rotatable bonds is 7. The average Bonchev–Trinajstić information content (AvgIpc) is 2.86. The number of aryl methyl sites for hydroxylation is 1. The quantitative estimate of drug-likeness (QED) is 0.371. The molecule has 1 saturated carbocycles. The largest absolute Gasteiger partial charge is 0.481 e. The first-order valence-electron chi connectivity index (χ1n) is 11.9. The highest BCUT2D eigenvalue weighted by atomic mass is 35.5. The van der Waals surface area contributed by atoms with Crippen molar-refractivity contribution in [3.05, 3.63) is 110 Å². The van der Waals surface area contributed by atoms with Crippen LogP contribution in [0.2, 0.25) is 5.02 Å². The molecule has 0 unspecified atom stereocenters. The predicted octanol–water partition coefficient (Wildman–Crippen LogP) is 3.80. The Morgan fingerprint density at radius 1 is 1.11 bits per heavy atom. The molecule has 2 aromatic heterocycles. The first-order valence-corrected chi connectivity index (χ1v) is 12.3. The average molecular weight is 534 g/mol. The summed E-state index contributed by atoms with van der Waals surface area (Å²) in [7, 11) is 0. The van der Waals surface area contributed by atoms with Crippen molar-refractivity contribution >= 4 is 23.3 Å². The monoisotopic (exact) mass is 533 g/mol. The lowest BCUT2D eigenvalue weighted by atomic mass is 9.80. The van der Waals surface area contributed by atoms with Crippen LogP contribution in [0.1, 0.15) is 30.0 Å². The van der Waals surface area contributed by atoms with E-state index in [-0.39, 0.29) is 25.0 Å². The summed E-state index contributed by atoms with van der Waals surface area (Å²) in [6, 6.07) is 17.3. The van der Waals surface area contributed by atoms with E-state index in [2.05, 4.69) is 15.0 Å². The third-order valence-corrected chi connectivity index (χ3v) is 6.64. The highest BCUT2D eigenvalue weighted by molar-refractivity contribution is 6.30. The van der Waals surface area contributed by atoms with Crippen molar-refractivity contribution in [2.75, 3.05) is 0 Å². The van der Waals surface area contributed by atoms with Gasteiger partial charge in [-0.3, -0.25) is 14.3 Å². The fourth-order valence-corrected chi connectivity index (χ4v) is 4.33. The molecule has 4 aromatic rings. The zero-order chi connectivity index (χ0) is 26.8. The number of hydrogen-bond acceptors (Lipinski definition) is 6. The van der Waals surface area contributed by atoms with E-state index in [9.17, 15) is 19.5 Å². The summed E-state index contributed by atoms with van der Waals surface area (Å²) in [6.07, 6.45) is 1.93. The number of pyridine rings is 1. The Morgan fingerprint density at radius 2 is 1.82 bits per heavy atom. The van der Waals surface area contributed by atoms with E-state index in [0.29, 0.717) is 22.3 Å². The van der Waals surface area contributed by atoms with Gasteiger partial charge in [0, 0.05) is 18.3 Å². The Bertz CT molecular complexity index is 1650. The van der Waals surface area contributed by atoms with Crippen LogP contribution in [0.3, 0.4) is 0 Å². The SMILES string of the molecule is Cc1ccc(Cn2c(=O)n([C@H]3C[C@H](C(=O)O)C3)c(=O)[nH]/c2=N\c2ccc(Oc3ccc(Cl)cn3)cc2)cc1. The molecule has 2 aromatic carbocycles. The summed E-state index contributed by atoms with van der Waals surface area (Å²) >= 11 is 5.86. The molecule has 10 nitrogen and oxygen atoms in total. The van der Waals surface area contributed by atoms with E-state index in [1.54, 1.807) is 36.4 Å². The molecule has 1 aliphatic rings. The van der Waals surface area contributed by atoms with E-state index < -0.39 is 29.3 Å². The lowest BCUT2D eigenvalue weighted by Crippen LogP contribution is -2.53. The number of carbonyl (C=O) groups is 1. The zero-order valence-electron chi connectivity index (χ0n) is 20.4. The van der Waals surface area contributed by atoms with Gasteiger partial charge < -0.3 is 9.84 Å². The smallest absolute Gasteiger partial charge is 0.335 e. The molecular weight excluding hydrogens is 510 g/mol. The predicted molar refractivity (Wildman–Crippen MR) is 140 cm³/mol. The number of benzene rings is 2. The van der Waals surface area contributed by atoms with Crippen LogP contribution in [0, 0.1) is 12.8 Å². The number of halogens is 1. The van der Waals surface area contributed by atoms with Gasteiger partial charge in [-0.2, -0.15) is 0 Å². The van der Waals surface area contributed by atoms with E-state index in [1.807, 2.05) is 31.2 Å². The first kappa shape index (κ1) is 25.2. The lowest BCUT2D eigenvalue weighted by Gasteiger charge is -2.33. The Kier molecular flexibility index (Phi) is 6.97. The topological polar surface area (TPSA) is 132 Å². The number of aromatic nitrogens is 4. The fourth-order valence-electron chi connectivity index (χ4n) is 4.21. The van der Waals surface area contributed by atoms with Crippen molar-refractivity contribution in [3.63, 3.8) is 0 Å². The second-order valence-electron chi connectivity index (χ2n) is 9.16. The maximum atomic E-state index is 13.5. The van der Waals surface area contributed by atoms with Gasteiger partial charge in [-0.1, -0.05) is 41.4 Å². The highest BCUT2D eigenvalue weighted by Crippen LogP contribution is 2.36. The van der Waals surface area contributed by atoms with Crippen LogP contribution in [-0.4, -0.2) is 30.2 Å². The second-order valence-corrected chi connectivity index (χ2v) is 9.60. The van der Waals surface area contributed by atoms with Gasteiger partial charge in [0.05, 0.1) is 23.2 Å². The number of nitrogens with zero attached hydrogens (tertiary/aromatic N) is 4. The normalized spacial score (nSPS) is 17.2. The number of carboxylic acids is 1. The molecule has 0 radical (unpaired) electrons. The van der Waals surface area contributed by atoms with Gasteiger partial charge in [-0.05, 0) is 55.7 Å². The summed E-state index contributed by atoms with van der Waals surface area (Å²) in [4.78, 5) is 49.1. The summed E-state index contributed by atoms with van der Waals surface area (Å²) in [5, 5.41) is 9.72. The van der Waals surface area contributed by atoms with Crippen molar-refractivity contribution in [1.82, 2.24) is 19.1 Å². The van der Waals surface area contributed by atoms with Crippen molar-refractivity contribution in [2.24, 2.45) is 10.9 Å². The first-order chi connectivity index (χ1) is 18.3. The van der Waals surface area contributed by atoms with Crippen molar-refractivity contribution in [3.8, 4) is 11.6 Å². The van der Waals surface area contributed by atoms with Crippen molar-refractivity contribution < 1.29 is 14.6 Å². The number of H-pyrrole nitrogens is 1. The number of carboxylic acid groups (broad SMARTS) is 1. The van der Waals surface area contributed by atoms with Crippen LogP contribution in [0.5, 0.6) is 11.6 Å². The number of aromatic amines is 1. The molecule has 0 saturated heterocycles. The molecule has 38 heavy (non-hydrogen) atoms. The molecule has 1 fully saturated rings. The molecule has 0 amide bonds. The Hall–Kier alpha value is -4.44. The number of ether oxygens (including phenoxy) is 1. The maximum absolute atomic E-state index is 13.5. The molecule has 0 atom stereocenters. The molecule has 1 aliphatic carbocycles. The summed E-state index contributed by atoms with van der Waals surface area (Å²) in [5.74, 6) is -0.591. The molecule has 2 heterocycles. The molecule has 194 valence electrons. The van der Waals surface area contributed by atoms with Gasteiger partial charge in [0.2, 0.25) is 11.5 Å². The van der Waals surface area contributed by atoms with Crippen LogP contribution < -0.4 is 21.7 Å². The minimum atomic E-state index is -0.927. The van der Waals surface area contributed by atoms with E-state index in [4.69, 9.17) is 16.3 Å². The third-order valence-electron chi connectivity index (χ3n) is 6.41. The lowest BCUT2D eigenvalue weighted by molar-refractivity contribution is -0.146. The van der Waals surface area contributed by atoms with Crippen molar-refractivity contribution in [2.45, 2.75) is 32.4 Å². The van der Waals surface area contributed by atoms with Crippen LogP contribution in [-0.2, 0) is 11.3 Å². The van der Waals surface area contributed by atoms with Crippen LogP contribution >= 0.6 is 11.6 Å². The Morgan fingerprint density at radius 3 is 2.45 bits per heavy atom. The van der Waals surface area contributed by atoms with E-state index in [1.165, 1.54) is 10.8 Å². The summed E-state index contributed by atoms with van der Waals surface area (Å²) in [5.41, 5.74) is 1.32. The van der Waals surface area contributed by atoms with Crippen LogP contribution in [0.25, 0.3) is 0 Å². The van der Waals surface area contributed by atoms with Crippen LogP contribution in [0.15, 0.2) is 81.4 Å². The minimum absolute atomic E-state index is 0.0824. The van der Waals surface area contributed by atoms with Gasteiger partial charge in [0.1, 0.15) is 5.75 Å². The molecular formula is C27H24ClN5O5. The van der Waals surface area contributed by atoms with Gasteiger partial charge >= 0.3 is 17.3 Å². The molecule has 0 bridgehead atoms. The molecule has 5 rings (SSSR count). The number of aliphatic carboxylic acids is 1. The van der Waals surface area contributed by atoms with E-state index in [0.717, 1.165) is 15.7 Å². The second kappa shape index (κ2) is 10.5. The van der Waals surface area contributed by atoms with Gasteiger partial charge in [0.25, 0.3) is 0 Å². The zero-order valence-corrected chi connectivity index (χ0v) is 21.1. The number of nitrogens with one attached hydrogen (secondary N) is 1. The van der Waals surface area contributed by atoms with Gasteiger partial charge in [0.15, 0.2) is 0 Å². The van der Waals surface area contributed by atoms with E-state index >= 15 is 0 Å². The Balaban J connectivity index is 1.50. The fraction of sp³-hybridized carbons (Fsp3) is 0.222. The molecule has 2 N–H and O–H groups in total. The van der Waals surface area contributed by atoms with Crippen LogP contribution in [0.4, 0.5) is 5.69 Å². The van der Waals surface area contributed by atoms with Gasteiger partial charge in [-0.15, -0.1) is 0 Å². The third kappa shape index (κ3) is 5.45. The summed E-state index contributed by atoms with van der Waals surface area (Å²) < 4.78 is 8.20. The highest BCUT2D eigenvalue weighted by Gasteiger charge is 2.37. The standard InChI is InChI=1S/C27H24ClN5O5/c1-16-2-4-17(5-3-16)15-32-25(31-26(36)33(27(32)37)21-12-18(13-21)24(34)35)30-20-7-9-22(10-8-20)38-23-11-6-19(28)14-29-23/h2-11,14,18,21H,12-13,15H2,1H3,(H,34,35)(H,30,31,36)/t18-,21-. The number of hydrogen-bond donors (Lipinski definition) is 2. The maximum Gasteiger partial charge on any atom is 0.335 e. The Labute approximate surface area is 221 Å². The molecule has 11 heteroatoms. The van der Waals surface area contributed by atoms with Crippen molar-refractivity contribution in [1.29, 1.82) is 0 Å². The van der Waals surface area contributed by atoms with Gasteiger partial charge in [-0.25, -0.2) is 24.1 Å². The molecule has 0 spiro atoms.